The fourth-order valence-corrected chi connectivity index (χ4v) is 1.43. The minimum absolute atomic E-state index is 0.256. The van der Waals surface area contributed by atoms with Crippen LogP contribution in [-0.2, 0) is 18.0 Å². The molecule has 0 bridgehead atoms. The highest BCUT2D eigenvalue weighted by molar-refractivity contribution is 5.30. The molecule has 0 saturated heterocycles. The predicted molar refractivity (Wildman–Crippen MR) is 61.9 cm³/mol. The van der Waals surface area contributed by atoms with Gasteiger partial charge in [0, 0.05) is 5.56 Å². The molecule has 0 fully saturated rings. The number of hydrogen-bond acceptors (Lipinski definition) is 2. The van der Waals surface area contributed by atoms with Gasteiger partial charge in [0.2, 0.25) is 0 Å². The van der Waals surface area contributed by atoms with Crippen LogP contribution in [0.1, 0.15) is 11.1 Å². The number of benzene rings is 2. The average molecular weight is 213 g/mol. The van der Waals surface area contributed by atoms with Crippen LogP contribution in [-0.4, -0.2) is 5.11 Å². The van der Waals surface area contributed by atoms with Crippen molar-refractivity contribution in [3.05, 3.63) is 65.7 Å². The maximum absolute atomic E-state index is 9.51. The number of hydrogen-bond donors (Lipinski definition) is 1. The molecule has 2 rings (SSSR count). The number of rotatable bonds is 4. The quantitative estimate of drug-likeness (QED) is 0.846. The molecule has 2 aromatic rings. The van der Waals surface area contributed by atoms with Crippen LogP contribution >= 0.6 is 0 Å². The highest BCUT2D eigenvalue weighted by Crippen LogP contribution is 2.16. The molecule has 16 heavy (non-hydrogen) atoms. The summed E-state index contributed by atoms with van der Waals surface area (Å²) in [4.78, 5) is 0. The van der Waals surface area contributed by atoms with E-state index in [4.69, 9.17) is 4.74 Å². The van der Waals surface area contributed by atoms with Crippen molar-refractivity contribution in [1.29, 1.82) is 0 Å². The third-order valence-electron chi connectivity index (χ3n) is 2.29. The topological polar surface area (TPSA) is 29.5 Å². The summed E-state index contributed by atoms with van der Waals surface area (Å²) in [5.41, 5.74) is 1.89. The van der Waals surface area contributed by atoms with E-state index in [1.54, 1.807) is 18.2 Å². The molecule has 0 atom stereocenters. The van der Waals surface area contributed by atoms with Crippen LogP contribution in [0.25, 0.3) is 0 Å². The lowest BCUT2D eigenvalue weighted by Gasteiger charge is -2.05. The highest BCUT2D eigenvalue weighted by Gasteiger charge is 1.99. The summed E-state index contributed by atoms with van der Waals surface area (Å²) < 4.78 is 5.51. The zero-order valence-electron chi connectivity index (χ0n) is 8.89. The lowest BCUT2D eigenvalue weighted by Crippen LogP contribution is -1.94. The third kappa shape index (κ3) is 2.84. The molecule has 0 aliphatic heterocycles. The summed E-state index contributed by atoms with van der Waals surface area (Å²) in [7, 11) is 0. The smallest absolute Gasteiger partial charge is 0.121 e. The number of aromatic hydroxyl groups is 1. The highest BCUT2D eigenvalue weighted by atomic mass is 16.5. The van der Waals surface area contributed by atoms with Crippen LogP contribution in [0, 0.1) is 6.07 Å². The molecule has 0 amide bonds. The maximum Gasteiger partial charge on any atom is 0.121 e. The first-order valence-electron chi connectivity index (χ1n) is 5.16. The minimum Gasteiger partial charge on any atom is -0.508 e. The Kier molecular flexibility index (Phi) is 3.57. The van der Waals surface area contributed by atoms with Crippen LogP contribution in [0.2, 0.25) is 0 Å². The summed E-state index contributed by atoms with van der Waals surface area (Å²) in [6, 6.07) is 17.9. The normalized spacial score (nSPS) is 10.2. The van der Waals surface area contributed by atoms with Crippen molar-refractivity contribution < 1.29 is 9.84 Å². The predicted octanol–water partition coefficient (Wildman–Crippen LogP) is 2.91. The van der Waals surface area contributed by atoms with E-state index in [9.17, 15) is 5.11 Å². The Morgan fingerprint density at radius 3 is 2.62 bits per heavy atom. The van der Waals surface area contributed by atoms with Gasteiger partial charge in [-0.3, -0.25) is 0 Å². The molecule has 81 valence electrons. The van der Waals surface area contributed by atoms with Gasteiger partial charge in [-0.15, -0.1) is 0 Å². The van der Waals surface area contributed by atoms with Crippen LogP contribution in [0.15, 0.2) is 48.5 Å². The molecular formula is C14H13O2. The lowest BCUT2D eigenvalue weighted by atomic mass is 10.2. The summed E-state index contributed by atoms with van der Waals surface area (Å²) in [6.45, 7) is 0.952. The molecule has 0 saturated carbocycles. The van der Waals surface area contributed by atoms with E-state index in [-0.39, 0.29) is 5.75 Å². The van der Waals surface area contributed by atoms with Gasteiger partial charge in [0.15, 0.2) is 0 Å². The van der Waals surface area contributed by atoms with Gasteiger partial charge in [0.05, 0.1) is 13.2 Å². The fraction of sp³-hybridized carbons (Fsp3) is 0.143. The molecule has 1 N–H and O–H groups in total. The number of phenolic OH excluding ortho intramolecular Hbond substituents is 1. The van der Waals surface area contributed by atoms with E-state index >= 15 is 0 Å². The first-order valence-corrected chi connectivity index (χ1v) is 5.16. The van der Waals surface area contributed by atoms with E-state index in [0.717, 1.165) is 11.1 Å². The van der Waals surface area contributed by atoms with Gasteiger partial charge in [-0.25, -0.2) is 0 Å². The Bertz CT molecular complexity index is 437. The first-order chi connectivity index (χ1) is 7.86. The molecule has 1 radical (unpaired) electrons. The molecule has 2 nitrogen and oxygen atoms in total. The zero-order valence-corrected chi connectivity index (χ0v) is 8.89. The van der Waals surface area contributed by atoms with Crippen molar-refractivity contribution >= 4 is 0 Å². The monoisotopic (exact) mass is 213 g/mol. The van der Waals surface area contributed by atoms with Crippen molar-refractivity contribution in [2.24, 2.45) is 0 Å². The average Bonchev–Trinajstić information content (AvgIpc) is 2.33. The second kappa shape index (κ2) is 5.33. The van der Waals surface area contributed by atoms with E-state index < -0.39 is 0 Å². The number of phenols is 1. The summed E-state index contributed by atoms with van der Waals surface area (Å²) >= 11 is 0. The summed E-state index contributed by atoms with van der Waals surface area (Å²) in [5, 5.41) is 9.51. The largest absolute Gasteiger partial charge is 0.508 e. The summed E-state index contributed by atoms with van der Waals surface area (Å²) in [6.07, 6.45) is 0. The molecule has 0 unspecified atom stereocenters. The van der Waals surface area contributed by atoms with Crippen molar-refractivity contribution in [3.8, 4) is 5.75 Å². The van der Waals surface area contributed by atoms with Gasteiger partial charge in [-0.05, 0) is 23.8 Å². The molecule has 0 spiro atoms. The Balaban J connectivity index is 1.87. The zero-order chi connectivity index (χ0) is 11.2. The van der Waals surface area contributed by atoms with Crippen molar-refractivity contribution in [2.75, 3.05) is 0 Å². The van der Waals surface area contributed by atoms with E-state index in [1.165, 1.54) is 0 Å². The maximum atomic E-state index is 9.51. The SMILES string of the molecule is Oc1cc[c]cc1COCc1ccccc1. The molecule has 0 aliphatic carbocycles. The standard InChI is InChI=1S/C14H13O2/c15-14-9-5-4-8-13(14)11-16-10-12-6-2-1-3-7-12/h1-3,5-9,15H,10-11H2. The Morgan fingerprint density at radius 1 is 1.06 bits per heavy atom. The second-order valence-electron chi connectivity index (χ2n) is 3.53. The van der Waals surface area contributed by atoms with Crippen molar-refractivity contribution in [1.82, 2.24) is 0 Å². The Labute approximate surface area is 95.1 Å². The first kappa shape index (κ1) is 10.7. The van der Waals surface area contributed by atoms with Gasteiger partial charge in [0.25, 0.3) is 0 Å². The fourth-order valence-electron chi connectivity index (χ4n) is 1.43. The molecular weight excluding hydrogens is 200 g/mol. The molecule has 2 aromatic carbocycles. The van der Waals surface area contributed by atoms with Crippen LogP contribution in [0.5, 0.6) is 5.75 Å². The lowest BCUT2D eigenvalue weighted by molar-refractivity contribution is 0.105. The van der Waals surface area contributed by atoms with Crippen LogP contribution in [0.3, 0.4) is 0 Å². The second-order valence-corrected chi connectivity index (χ2v) is 3.53. The number of ether oxygens (including phenoxy) is 1. The molecule has 0 heterocycles. The van der Waals surface area contributed by atoms with Gasteiger partial charge < -0.3 is 9.84 Å². The third-order valence-corrected chi connectivity index (χ3v) is 2.29. The van der Waals surface area contributed by atoms with E-state index in [0.29, 0.717) is 13.2 Å². The molecule has 0 aliphatic rings. The van der Waals surface area contributed by atoms with Gasteiger partial charge in [-0.1, -0.05) is 36.4 Å². The van der Waals surface area contributed by atoms with Crippen molar-refractivity contribution in [3.63, 3.8) is 0 Å². The van der Waals surface area contributed by atoms with Crippen molar-refractivity contribution in [2.45, 2.75) is 13.2 Å². The minimum atomic E-state index is 0.256. The van der Waals surface area contributed by atoms with Gasteiger partial charge in [0.1, 0.15) is 5.75 Å². The van der Waals surface area contributed by atoms with Crippen LogP contribution < -0.4 is 0 Å². The van der Waals surface area contributed by atoms with E-state index in [1.807, 2.05) is 30.3 Å². The molecule has 0 aromatic heterocycles. The summed E-state index contributed by atoms with van der Waals surface area (Å²) in [5.74, 6) is 0.256. The Morgan fingerprint density at radius 2 is 1.88 bits per heavy atom. The van der Waals surface area contributed by atoms with Gasteiger partial charge >= 0.3 is 0 Å². The molecule has 2 heteroatoms. The van der Waals surface area contributed by atoms with Crippen LogP contribution in [0.4, 0.5) is 0 Å². The van der Waals surface area contributed by atoms with E-state index in [2.05, 4.69) is 6.07 Å². The Hall–Kier alpha value is -1.80. The van der Waals surface area contributed by atoms with Gasteiger partial charge in [-0.2, -0.15) is 0 Å².